The number of nitriles is 1. The van der Waals surface area contributed by atoms with Gasteiger partial charge in [-0.25, -0.2) is 4.39 Å². The predicted octanol–water partition coefficient (Wildman–Crippen LogP) is 4.37. The summed E-state index contributed by atoms with van der Waals surface area (Å²) in [6.07, 6.45) is 1.24. The molecular weight excluding hydrogens is 359 g/mol. The predicted molar refractivity (Wildman–Crippen MR) is 90.7 cm³/mol. The average Bonchev–Trinajstić information content (AvgIpc) is 2.56. The van der Waals surface area contributed by atoms with E-state index in [1.807, 2.05) is 43.3 Å². The van der Waals surface area contributed by atoms with Crippen LogP contribution >= 0.6 is 15.9 Å². The minimum atomic E-state index is -0.539. The van der Waals surface area contributed by atoms with Gasteiger partial charge < -0.3 is 5.32 Å². The van der Waals surface area contributed by atoms with Crippen LogP contribution in [0.4, 0.5) is 4.39 Å². The van der Waals surface area contributed by atoms with E-state index in [2.05, 4.69) is 21.2 Å². The maximum atomic E-state index is 13.8. The fraction of sp³-hybridized carbons (Fsp3) is 0.111. The summed E-state index contributed by atoms with van der Waals surface area (Å²) >= 11 is 3.24. The number of rotatable bonds is 4. The van der Waals surface area contributed by atoms with E-state index in [1.54, 1.807) is 6.07 Å². The normalized spacial score (nSPS) is 12.3. The van der Waals surface area contributed by atoms with Crippen molar-refractivity contribution in [1.29, 1.82) is 5.26 Å². The van der Waals surface area contributed by atoms with E-state index in [1.165, 1.54) is 18.2 Å². The minimum Gasteiger partial charge on any atom is -0.345 e. The number of hydrogen-bond donors (Lipinski definition) is 1. The van der Waals surface area contributed by atoms with Crippen LogP contribution in [0.25, 0.3) is 6.08 Å². The van der Waals surface area contributed by atoms with Gasteiger partial charge in [-0.15, -0.1) is 0 Å². The lowest BCUT2D eigenvalue weighted by atomic mass is 10.1. The molecule has 2 rings (SSSR count). The van der Waals surface area contributed by atoms with Crippen molar-refractivity contribution in [2.75, 3.05) is 0 Å². The summed E-state index contributed by atoms with van der Waals surface area (Å²) in [5.74, 6) is -1.03. The lowest BCUT2D eigenvalue weighted by Gasteiger charge is -2.13. The van der Waals surface area contributed by atoms with Crippen molar-refractivity contribution in [2.24, 2.45) is 0 Å². The van der Waals surface area contributed by atoms with Crippen molar-refractivity contribution in [2.45, 2.75) is 13.0 Å². The van der Waals surface area contributed by atoms with Gasteiger partial charge in [0.05, 0.1) is 6.04 Å². The number of benzene rings is 2. The number of halogens is 2. The van der Waals surface area contributed by atoms with Gasteiger partial charge >= 0.3 is 0 Å². The van der Waals surface area contributed by atoms with Crippen LogP contribution in [-0.4, -0.2) is 5.91 Å². The topological polar surface area (TPSA) is 52.9 Å². The Bertz CT molecular complexity index is 781. The van der Waals surface area contributed by atoms with Crippen molar-refractivity contribution in [1.82, 2.24) is 5.32 Å². The molecule has 1 amide bonds. The van der Waals surface area contributed by atoms with Crippen LogP contribution in [0.3, 0.4) is 0 Å². The van der Waals surface area contributed by atoms with Crippen LogP contribution in [0, 0.1) is 17.1 Å². The van der Waals surface area contributed by atoms with E-state index in [0.29, 0.717) is 4.47 Å². The van der Waals surface area contributed by atoms with E-state index >= 15 is 0 Å². The molecule has 3 nitrogen and oxygen atoms in total. The van der Waals surface area contributed by atoms with Crippen molar-refractivity contribution in [3.8, 4) is 6.07 Å². The molecule has 0 radical (unpaired) electrons. The summed E-state index contributed by atoms with van der Waals surface area (Å²) in [5, 5.41) is 11.9. The highest BCUT2D eigenvalue weighted by Crippen LogP contribution is 2.19. The van der Waals surface area contributed by atoms with Crippen LogP contribution in [0.2, 0.25) is 0 Å². The van der Waals surface area contributed by atoms with Gasteiger partial charge in [0.1, 0.15) is 17.5 Å². The van der Waals surface area contributed by atoms with Crippen molar-refractivity contribution in [3.63, 3.8) is 0 Å². The Morgan fingerprint density at radius 1 is 1.30 bits per heavy atom. The fourth-order valence-corrected chi connectivity index (χ4v) is 2.41. The SMILES string of the molecule is CC(NC(=O)/C(C#N)=C\c1cc(Br)ccc1F)c1ccccc1. The van der Waals surface area contributed by atoms with Gasteiger partial charge in [0.2, 0.25) is 0 Å². The zero-order valence-electron chi connectivity index (χ0n) is 12.4. The van der Waals surface area contributed by atoms with E-state index in [-0.39, 0.29) is 17.2 Å². The zero-order chi connectivity index (χ0) is 16.8. The molecule has 2 aromatic rings. The zero-order valence-corrected chi connectivity index (χ0v) is 14.0. The Morgan fingerprint density at radius 3 is 2.65 bits per heavy atom. The van der Waals surface area contributed by atoms with E-state index < -0.39 is 11.7 Å². The summed E-state index contributed by atoms with van der Waals surface area (Å²) in [6.45, 7) is 1.82. The maximum absolute atomic E-state index is 13.8. The Labute approximate surface area is 142 Å². The first-order valence-corrected chi connectivity index (χ1v) is 7.73. The number of nitrogens with one attached hydrogen (secondary N) is 1. The van der Waals surface area contributed by atoms with Gasteiger partial charge in [-0.05, 0) is 36.8 Å². The van der Waals surface area contributed by atoms with Crippen LogP contribution < -0.4 is 5.32 Å². The standard InChI is InChI=1S/C18H14BrFN2O/c1-12(13-5-3-2-4-6-13)22-18(23)15(11-21)9-14-10-16(19)7-8-17(14)20/h2-10,12H,1H3,(H,22,23)/b15-9-. The highest BCUT2D eigenvalue weighted by Gasteiger charge is 2.14. The van der Waals surface area contributed by atoms with Gasteiger partial charge in [-0.1, -0.05) is 46.3 Å². The summed E-state index contributed by atoms with van der Waals surface area (Å²) in [4.78, 5) is 12.2. The molecule has 0 aromatic heterocycles. The minimum absolute atomic E-state index is 0.148. The molecule has 0 heterocycles. The van der Waals surface area contributed by atoms with Gasteiger partial charge in [0.25, 0.3) is 5.91 Å². The molecule has 0 saturated carbocycles. The molecule has 23 heavy (non-hydrogen) atoms. The largest absolute Gasteiger partial charge is 0.345 e. The van der Waals surface area contributed by atoms with Crippen LogP contribution in [0.5, 0.6) is 0 Å². The number of amides is 1. The van der Waals surface area contributed by atoms with Crippen LogP contribution in [-0.2, 0) is 4.79 Å². The lowest BCUT2D eigenvalue weighted by Crippen LogP contribution is -2.27. The second kappa shape index (κ2) is 7.70. The third-order valence-electron chi connectivity index (χ3n) is 3.27. The van der Waals surface area contributed by atoms with Crippen LogP contribution in [0.15, 0.2) is 58.6 Å². The van der Waals surface area contributed by atoms with Gasteiger partial charge in [-0.3, -0.25) is 4.79 Å². The third kappa shape index (κ3) is 4.51. The van der Waals surface area contributed by atoms with E-state index in [4.69, 9.17) is 0 Å². The van der Waals surface area contributed by atoms with Gasteiger partial charge in [0, 0.05) is 10.0 Å². The lowest BCUT2D eigenvalue weighted by molar-refractivity contribution is -0.117. The molecular formula is C18H14BrFN2O. The molecule has 0 spiro atoms. The second-order valence-corrected chi connectivity index (χ2v) is 5.86. The molecule has 0 aliphatic carbocycles. The molecule has 1 atom stereocenters. The molecule has 116 valence electrons. The summed E-state index contributed by atoms with van der Waals surface area (Å²) in [5.41, 5.74) is 0.954. The quantitative estimate of drug-likeness (QED) is 0.639. The highest BCUT2D eigenvalue weighted by molar-refractivity contribution is 9.10. The molecule has 0 fully saturated rings. The van der Waals surface area contributed by atoms with E-state index in [0.717, 1.165) is 5.56 Å². The second-order valence-electron chi connectivity index (χ2n) is 4.94. The van der Waals surface area contributed by atoms with Crippen molar-refractivity contribution < 1.29 is 9.18 Å². The highest BCUT2D eigenvalue weighted by atomic mass is 79.9. The Hall–Kier alpha value is -2.45. The molecule has 0 saturated heterocycles. The van der Waals surface area contributed by atoms with Gasteiger partial charge in [0.15, 0.2) is 0 Å². The first-order chi connectivity index (χ1) is 11.0. The molecule has 5 heteroatoms. The van der Waals surface area contributed by atoms with Crippen LogP contribution in [0.1, 0.15) is 24.1 Å². The molecule has 0 bridgehead atoms. The van der Waals surface area contributed by atoms with Crippen molar-refractivity contribution in [3.05, 3.63) is 75.5 Å². The molecule has 2 aromatic carbocycles. The Morgan fingerprint density at radius 2 is 2.00 bits per heavy atom. The summed E-state index contributed by atoms with van der Waals surface area (Å²) < 4.78 is 14.4. The summed E-state index contributed by atoms with van der Waals surface area (Å²) in [6, 6.07) is 15.3. The van der Waals surface area contributed by atoms with E-state index in [9.17, 15) is 14.4 Å². The molecule has 0 aliphatic heterocycles. The van der Waals surface area contributed by atoms with Gasteiger partial charge in [-0.2, -0.15) is 5.26 Å². The average molecular weight is 373 g/mol. The number of nitrogens with zero attached hydrogens (tertiary/aromatic N) is 1. The first-order valence-electron chi connectivity index (χ1n) is 6.94. The maximum Gasteiger partial charge on any atom is 0.262 e. The monoisotopic (exact) mass is 372 g/mol. The smallest absolute Gasteiger partial charge is 0.262 e. The Kier molecular flexibility index (Phi) is 5.67. The Balaban J connectivity index is 2.20. The fourth-order valence-electron chi connectivity index (χ4n) is 2.03. The molecule has 1 unspecified atom stereocenters. The number of carbonyl (C=O) groups is 1. The third-order valence-corrected chi connectivity index (χ3v) is 3.76. The number of carbonyl (C=O) groups excluding carboxylic acids is 1. The molecule has 1 N–H and O–H groups in total. The first kappa shape index (κ1) is 16.9. The van der Waals surface area contributed by atoms with Crippen molar-refractivity contribution >= 4 is 27.9 Å². The summed E-state index contributed by atoms with van der Waals surface area (Å²) in [7, 11) is 0. The number of hydrogen-bond acceptors (Lipinski definition) is 2. The molecule has 0 aliphatic rings.